The van der Waals surface area contributed by atoms with E-state index in [1.165, 1.54) is 30.4 Å². The summed E-state index contributed by atoms with van der Waals surface area (Å²) in [4.78, 5) is 2.47. The molecule has 112 valence electrons. The number of nitrogens with one attached hydrogen (secondary N) is 1. The average molecular weight is 274 g/mol. The Hall–Kier alpha value is -0.860. The number of nitrogens with zero attached hydrogens (tertiary/aromatic N) is 1. The summed E-state index contributed by atoms with van der Waals surface area (Å²) in [6, 6.07) is 9.72. The van der Waals surface area contributed by atoms with Gasteiger partial charge in [0.05, 0.1) is 0 Å². The molecule has 1 saturated carbocycles. The molecule has 2 heteroatoms. The van der Waals surface area contributed by atoms with Crippen LogP contribution < -0.4 is 5.32 Å². The van der Waals surface area contributed by atoms with Crippen molar-refractivity contribution in [2.24, 2.45) is 0 Å². The second-order valence-electron chi connectivity index (χ2n) is 6.77. The molecule has 0 spiro atoms. The fourth-order valence-electron chi connectivity index (χ4n) is 2.39. The average Bonchev–Trinajstić information content (AvgIpc) is 3.24. The molecule has 0 saturated heterocycles. The third-order valence-corrected chi connectivity index (χ3v) is 4.83. The highest BCUT2D eigenvalue weighted by Crippen LogP contribution is 2.22. The van der Waals surface area contributed by atoms with Crippen LogP contribution in [0, 0.1) is 0 Å². The van der Waals surface area contributed by atoms with Crippen LogP contribution >= 0.6 is 0 Å². The minimum absolute atomic E-state index is 0.263. The highest BCUT2D eigenvalue weighted by atomic mass is 15.2. The zero-order valence-corrected chi connectivity index (χ0v) is 13.6. The monoisotopic (exact) mass is 274 g/mol. The quantitative estimate of drug-likeness (QED) is 0.779. The van der Waals surface area contributed by atoms with E-state index in [2.05, 4.69) is 62.3 Å². The number of hydrogen-bond acceptors (Lipinski definition) is 2. The highest BCUT2D eigenvalue weighted by Gasteiger charge is 2.22. The first-order valence-electron chi connectivity index (χ1n) is 8.04. The molecule has 0 amide bonds. The van der Waals surface area contributed by atoms with Gasteiger partial charge in [-0.3, -0.25) is 4.90 Å². The highest BCUT2D eigenvalue weighted by molar-refractivity contribution is 5.27. The lowest BCUT2D eigenvalue weighted by molar-refractivity contribution is 0.142. The van der Waals surface area contributed by atoms with Gasteiger partial charge in [0.15, 0.2) is 0 Å². The van der Waals surface area contributed by atoms with Gasteiger partial charge in [-0.05, 0) is 64.3 Å². The summed E-state index contributed by atoms with van der Waals surface area (Å²) in [5.74, 6) is 0. The summed E-state index contributed by atoms with van der Waals surface area (Å²) in [6.07, 6.45) is 5.06. The van der Waals surface area contributed by atoms with E-state index in [9.17, 15) is 0 Å². The van der Waals surface area contributed by atoms with E-state index in [1.807, 2.05) is 0 Å². The van der Waals surface area contributed by atoms with Gasteiger partial charge in [-0.2, -0.15) is 0 Å². The largest absolute Gasteiger partial charge is 0.314 e. The minimum Gasteiger partial charge on any atom is -0.314 e. The zero-order valence-electron chi connectivity index (χ0n) is 13.6. The molecule has 0 aliphatic heterocycles. The first-order valence-corrected chi connectivity index (χ1v) is 8.04. The summed E-state index contributed by atoms with van der Waals surface area (Å²) in [7, 11) is 2.24. The van der Waals surface area contributed by atoms with Crippen molar-refractivity contribution in [1.29, 1.82) is 0 Å². The molecule has 1 aliphatic carbocycles. The third-order valence-electron chi connectivity index (χ3n) is 4.83. The number of hydrogen-bond donors (Lipinski definition) is 1. The van der Waals surface area contributed by atoms with Crippen molar-refractivity contribution in [1.82, 2.24) is 10.2 Å². The first kappa shape index (κ1) is 15.5. The van der Waals surface area contributed by atoms with Crippen LogP contribution in [0.4, 0.5) is 0 Å². The summed E-state index contributed by atoms with van der Waals surface area (Å²) >= 11 is 0. The van der Waals surface area contributed by atoms with Gasteiger partial charge in [0.1, 0.15) is 0 Å². The van der Waals surface area contributed by atoms with Gasteiger partial charge in [-0.1, -0.05) is 31.2 Å². The molecule has 0 unspecified atom stereocenters. The van der Waals surface area contributed by atoms with E-state index in [1.54, 1.807) is 0 Å². The van der Waals surface area contributed by atoms with E-state index in [4.69, 9.17) is 0 Å². The number of rotatable bonds is 8. The normalized spacial score (nSPS) is 15.8. The topological polar surface area (TPSA) is 15.3 Å². The van der Waals surface area contributed by atoms with Gasteiger partial charge in [-0.25, -0.2) is 0 Å². The molecule has 0 bridgehead atoms. The Morgan fingerprint density at radius 3 is 2.45 bits per heavy atom. The Kier molecular flexibility index (Phi) is 5.22. The Morgan fingerprint density at radius 1 is 1.20 bits per heavy atom. The van der Waals surface area contributed by atoms with Crippen LogP contribution in [0.1, 0.15) is 51.2 Å². The fraction of sp³-hybridized carbons (Fsp3) is 0.667. The van der Waals surface area contributed by atoms with Crippen molar-refractivity contribution >= 4 is 0 Å². The molecular weight excluding hydrogens is 244 g/mol. The second-order valence-corrected chi connectivity index (χ2v) is 6.77. The standard InChI is InChI=1S/C18H30N2/c1-5-18(2,3)20(4)14-16-9-7-6-8-15(16)12-13-19-17-10-11-17/h6-9,17,19H,5,10-14H2,1-4H3. The lowest BCUT2D eigenvalue weighted by Crippen LogP contribution is -2.40. The van der Waals surface area contributed by atoms with E-state index in [-0.39, 0.29) is 5.54 Å². The molecule has 2 rings (SSSR count). The Bertz CT molecular complexity index is 421. The maximum atomic E-state index is 3.61. The van der Waals surface area contributed by atoms with Gasteiger partial charge in [0.2, 0.25) is 0 Å². The van der Waals surface area contributed by atoms with Gasteiger partial charge in [-0.15, -0.1) is 0 Å². The van der Waals surface area contributed by atoms with Gasteiger partial charge >= 0.3 is 0 Å². The Balaban J connectivity index is 1.95. The lowest BCUT2D eigenvalue weighted by Gasteiger charge is -2.35. The van der Waals surface area contributed by atoms with E-state index in [0.29, 0.717) is 0 Å². The van der Waals surface area contributed by atoms with Crippen LogP contribution in [0.5, 0.6) is 0 Å². The fourth-order valence-corrected chi connectivity index (χ4v) is 2.39. The predicted molar refractivity (Wildman–Crippen MR) is 87.0 cm³/mol. The second kappa shape index (κ2) is 6.73. The van der Waals surface area contributed by atoms with Crippen molar-refractivity contribution in [3.8, 4) is 0 Å². The van der Waals surface area contributed by atoms with E-state index < -0.39 is 0 Å². The summed E-state index contributed by atoms with van der Waals surface area (Å²) in [6.45, 7) is 9.07. The molecule has 1 fully saturated rings. The lowest BCUT2D eigenvalue weighted by atomic mass is 9.97. The maximum Gasteiger partial charge on any atom is 0.0238 e. The molecule has 0 heterocycles. The smallest absolute Gasteiger partial charge is 0.0238 e. The summed E-state index contributed by atoms with van der Waals surface area (Å²) in [5.41, 5.74) is 3.24. The maximum absolute atomic E-state index is 3.61. The SMILES string of the molecule is CCC(C)(C)N(C)Cc1ccccc1CCNC1CC1. The van der Waals surface area contributed by atoms with Crippen molar-refractivity contribution in [2.75, 3.05) is 13.6 Å². The molecule has 20 heavy (non-hydrogen) atoms. The Morgan fingerprint density at radius 2 is 1.85 bits per heavy atom. The van der Waals surface area contributed by atoms with Crippen LogP contribution in [0.15, 0.2) is 24.3 Å². The van der Waals surface area contributed by atoms with E-state index in [0.717, 1.165) is 25.6 Å². The molecule has 1 aromatic carbocycles. The van der Waals surface area contributed by atoms with Crippen LogP contribution in [-0.2, 0) is 13.0 Å². The van der Waals surface area contributed by atoms with Crippen LogP contribution in [0.2, 0.25) is 0 Å². The van der Waals surface area contributed by atoms with Crippen molar-refractivity contribution < 1.29 is 0 Å². The van der Waals surface area contributed by atoms with Crippen molar-refractivity contribution in [3.05, 3.63) is 35.4 Å². The van der Waals surface area contributed by atoms with Crippen LogP contribution in [-0.4, -0.2) is 30.1 Å². The van der Waals surface area contributed by atoms with Gasteiger partial charge < -0.3 is 5.32 Å². The van der Waals surface area contributed by atoms with Crippen molar-refractivity contribution in [2.45, 2.75) is 64.6 Å². The molecule has 0 radical (unpaired) electrons. The van der Waals surface area contributed by atoms with Gasteiger partial charge in [0, 0.05) is 18.1 Å². The minimum atomic E-state index is 0.263. The molecule has 0 atom stereocenters. The molecule has 1 N–H and O–H groups in total. The number of benzene rings is 1. The zero-order chi connectivity index (χ0) is 14.6. The van der Waals surface area contributed by atoms with Crippen LogP contribution in [0.3, 0.4) is 0 Å². The Labute approximate surface area is 124 Å². The summed E-state index contributed by atoms with van der Waals surface area (Å²) in [5, 5.41) is 3.61. The molecule has 1 aliphatic rings. The van der Waals surface area contributed by atoms with E-state index >= 15 is 0 Å². The van der Waals surface area contributed by atoms with Crippen molar-refractivity contribution in [3.63, 3.8) is 0 Å². The predicted octanol–water partition coefficient (Wildman–Crippen LogP) is 3.60. The molecule has 1 aromatic rings. The van der Waals surface area contributed by atoms with Gasteiger partial charge in [0.25, 0.3) is 0 Å². The third kappa shape index (κ3) is 4.32. The molecule has 0 aromatic heterocycles. The molecule has 2 nitrogen and oxygen atoms in total. The first-order chi connectivity index (χ1) is 9.53. The van der Waals surface area contributed by atoms with Crippen LogP contribution in [0.25, 0.3) is 0 Å². The molecular formula is C18H30N2. The summed E-state index contributed by atoms with van der Waals surface area (Å²) < 4.78 is 0.